The van der Waals surface area contributed by atoms with Crippen LogP contribution in [0.1, 0.15) is 36.0 Å². The number of nitrogens with two attached hydrogens (primary N) is 1. The van der Waals surface area contributed by atoms with E-state index in [4.69, 9.17) is 26.8 Å². The molecule has 23 heavy (non-hydrogen) atoms. The van der Waals surface area contributed by atoms with Crippen LogP contribution >= 0.6 is 24.0 Å². The normalized spacial score (nSPS) is 20.5. The van der Waals surface area contributed by atoms with Gasteiger partial charge in [0.25, 0.3) is 5.91 Å². The first-order valence-electron chi connectivity index (χ1n) is 7.58. The molecule has 1 aromatic rings. The van der Waals surface area contributed by atoms with Crippen molar-refractivity contribution in [3.8, 4) is 5.75 Å². The third-order valence-corrected chi connectivity index (χ3v) is 4.07. The molecule has 1 aliphatic carbocycles. The Bertz CT molecular complexity index is 506. The maximum atomic E-state index is 12.5. The average Bonchev–Trinajstić information content (AvgIpc) is 2.51. The second-order valence-corrected chi connectivity index (χ2v) is 6.00. The lowest BCUT2D eigenvalue weighted by Crippen LogP contribution is -2.40. The van der Waals surface area contributed by atoms with Gasteiger partial charge in [-0.05, 0) is 43.9 Å². The molecule has 0 unspecified atom stereocenters. The van der Waals surface area contributed by atoms with E-state index in [0.717, 1.165) is 25.7 Å². The zero-order chi connectivity index (χ0) is 15.9. The Kier molecular flexibility index (Phi) is 8.69. The van der Waals surface area contributed by atoms with Crippen LogP contribution in [0.5, 0.6) is 5.75 Å². The van der Waals surface area contributed by atoms with Gasteiger partial charge in [0.05, 0.1) is 12.2 Å². The number of halogens is 2. The second-order valence-electron chi connectivity index (χ2n) is 5.57. The number of rotatable bonds is 6. The molecule has 7 heteroatoms. The van der Waals surface area contributed by atoms with Crippen molar-refractivity contribution >= 4 is 29.9 Å². The summed E-state index contributed by atoms with van der Waals surface area (Å²) in [7, 11) is 1.60. The molecule has 2 rings (SSSR count). The van der Waals surface area contributed by atoms with Crippen LogP contribution in [-0.4, -0.2) is 38.3 Å². The molecule has 3 N–H and O–H groups in total. The zero-order valence-corrected chi connectivity index (χ0v) is 14.8. The van der Waals surface area contributed by atoms with Crippen LogP contribution in [0.2, 0.25) is 5.02 Å². The van der Waals surface area contributed by atoms with Crippen LogP contribution < -0.4 is 15.8 Å². The minimum absolute atomic E-state index is 0. The third kappa shape index (κ3) is 6.18. The molecule has 1 fully saturated rings. The molecule has 130 valence electrons. The Labute approximate surface area is 148 Å². The summed E-state index contributed by atoms with van der Waals surface area (Å²) in [6, 6.07) is 5.47. The van der Waals surface area contributed by atoms with E-state index in [9.17, 15) is 4.79 Å². The highest BCUT2D eigenvalue weighted by Gasteiger charge is 2.22. The number of benzene rings is 1. The number of ether oxygens (including phenoxy) is 2. The lowest BCUT2D eigenvalue weighted by atomic mass is 9.91. The molecule has 0 heterocycles. The van der Waals surface area contributed by atoms with Gasteiger partial charge in [0, 0.05) is 24.2 Å². The number of methoxy groups -OCH3 is 1. The predicted octanol–water partition coefficient (Wildman–Crippen LogP) is 2.79. The quantitative estimate of drug-likeness (QED) is 0.763. The van der Waals surface area contributed by atoms with E-state index in [2.05, 4.69) is 5.32 Å². The SMILES string of the molecule is COCCOc1ccc(Cl)cc1C(=O)NC1CCC(N)CC1.Cl. The van der Waals surface area contributed by atoms with Crippen LogP contribution in [0.3, 0.4) is 0 Å². The largest absolute Gasteiger partial charge is 0.490 e. The predicted molar refractivity (Wildman–Crippen MR) is 93.8 cm³/mol. The molecule has 1 amide bonds. The van der Waals surface area contributed by atoms with Crippen molar-refractivity contribution in [2.24, 2.45) is 5.73 Å². The van der Waals surface area contributed by atoms with Crippen molar-refractivity contribution in [2.75, 3.05) is 20.3 Å². The minimum Gasteiger partial charge on any atom is -0.490 e. The maximum absolute atomic E-state index is 12.5. The van der Waals surface area contributed by atoms with Crippen molar-refractivity contribution in [1.82, 2.24) is 5.32 Å². The fourth-order valence-corrected chi connectivity index (χ4v) is 2.74. The summed E-state index contributed by atoms with van der Waals surface area (Å²) >= 11 is 6.01. The fraction of sp³-hybridized carbons (Fsp3) is 0.562. The molecular weight excluding hydrogens is 339 g/mol. The number of carbonyl (C=O) groups excluding carboxylic acids is 1. The van der Waals surface area contributed by atoms with Gasteiger partial charge in [-0.1, -0.05) is 11.6 Å². The molecule has 1 aromatic carbocycles. The van der Waals surface area contributed by atoms with Gasteiger partial charge in [0.15, 0.2) is 0 Å². The molecule has 1 aliphatic rings. The highest BCUT2D eigenvalue weighted by atomic mass is 35.5. The summed E-state index contributed by atoms with van der Waals surface area (Å²) in [5.74, 6) is 0.363. The van der Waals surface area contributed by atoms with E-state index in [0.29, 0.717) is 29.5 Å². The van der Waals surface area contributed by atoms with Crippen molar-refractivity contribution in [3.05, 3.63) is 28.8 Å². The molecule has 0 aliphatic heterocycles. The monoisotopic (exact) mass is 362 g/mol. The summed E-state index contributed by atoms with van der Waals surface area (Å²) in [6.45, 7) is 0.848. The summed E-state index contributed by atoms with van der Waals surface area (Å²) in [6.07, 6.45) is 3.70. The topological polar surface area (TPSA) is 73.6 Å². The Balaban J connectivity index is 0.00000264. The minimum atomic E-state index is -0.157. The molecule has 0 atom stereocenters. The molecule has 5 nitrogen and oxygen atoms in total. The lowest BCUT2D eigenvalue weighted by molar-refractivity contribution is 0.0918. The van der Waals surface area contributed by atoms with Crippen LogP contribution in [0, 0.1) is 0 Å². The molecule has 0 spiro atoms. The van der Waals surface area contributed by atoms with Gasteiger partial charge < -0.3 is 20.5 Å². The van der Waals surface area contributed by atoms with Crippen molar-refractivity contribution in [1.29, 1.82) is 0 Å². The van der Waals surface area contributed by atoms with Crippen molar-refractivity contribution in [2.45, 2.75) is 37.8 Å². The Morgan fingerprint density at radius 2 is 2.00 bits per heavy atom. The number of carbonyl (C=O) groups is 1. The first kappa shape index (κ1) is 20.0. The molecule has 0 aromatic heterocycles. The smallest absolute Gasteiger partial charge is 0.255 e. The van der Waals surface area contributed by atoms with Crippen LogP contribution in [0.4, 0.5) is 0 Å². The molecule has 0 saturated heterocycles. The highest BCUT2D eigenvalue weighted by Crippen LogP contribution is 2.24. The number of hydrogen-bond acceptors (Lipinski definition) is 4. The molecule has 1 saturated carbocycles. The van der Waals surface area contributed by atoms with E-state index in [1.54, 1.807) is 25.3 Å². The third-order valence-electron chi connectivity index (χ3n) is 3.84. The van der Waals surface area contributed by atoms with Crippen molar-refractivity contribution in [3.63, 3.8) is 0 Å². The number of hydrogen-bond donors (Lipinski definition) is 2. The van der Waals surface area contributed by atoms with Gasteiger partial charge in [0.1, 0.15) is 12.4 Å². The second kappa shape index (κ2) is 9.98. The first-order chi connectivity index (χ1) is 10.6. The lowest BCUT2D eigenvalue weighted by Gasteiger charge is -2.27. The summed E-state index contributed by atoms with van der Waals surface area (Å²) in [5, 5.41) is 3.56. The molecular formula is C16H24Cl2N2O3. The molecule has 0 bridgehead atoms. The van der Waals surface area contributed by atoms with Gasteiger partial charge in [-0.2, -0.15) is 0 Å². The van der Waals surface area contributed by atoms with Crippen molar-refractivity contribution < 1.29 is 14.3 Å². The van der Waals surface area contributed by atoms with Crippen LogP contribution in [-0.2, 0) is 4.74 Å². The maximum Gasteiger partial charge on any atom is 0.255 e. The van der Waals surface area contributed by atoms with E-state index in [-0.39, 0.29) is 30.4 Å². The molecule has 0 radical (unpaired) electrons. The van der Waals surface area contributed by atoms with Gasteiger partial charge >= 0.3 is 0 Å². The van der Waals surface area contributed by atoms with Gasteiger partial charge in [-0.25, -0.2) is 0 Å². The Morgan fingerprint density at radius 3 is 2.65 bits per heavy atom. The first-order valence-corrected chi connectivity index (χ1v) is 7.95. The van der Waals surface area contributed by atoms with E-state index in [1.165, 1.54) is 0 Å². The van der Waals surface area contributed by atoms with Gasteiger partial charge in [-0.15, -0.1) is 12.4 Å². The standard InChI is InChI=1S/C16H23ClN2O3.ClH/c1-21-8-9-22-15-7-2-11(17)10-14(15)16(20)19-13-5-3-12(18)4-6-13;/h2,7,10,12-13H,3-6,8-9,18H2,1H3,(H,19,20);1H. The van der Waals surface area contributed by atoms with Crippen LogP contribution in [0.25, 0.3) is 0 Å². The van der Waals surface area contributed by atoms with Crippen LogP contribution in [0.15, 0.2) is 18.2 Å². The fourth-order valence-electron chi connectivity index (χ4n) is 2.57. The Morgan fingerprint density at radius 1 is 1.30 bits per heavy atom. The zero-order valence-electron chi connectivity index (χ0n) is 13.2. The summed E-state index contributed by atoms with van der Waals surface area (Å²) < 4.78 is 10.6. The van der Waals surface area contributed by atoms with E-state index < -0.39 is 0 Å². The average molecular weight is 363 g/mol. The summed E-state index contributed by atoms with van der Waals surface area (Å²) in [4.78, 5) is 12.5. The summed E-state index contributed by atoms with van der Waals surface area (Å²) in [5.41, 5.74) is 6.35. The number of nitrogens with one attached hydrogen (secondary N) is 1. The van der Waals surface area contributed by atoms with E-state index in [1.807, 2.05) is 0 Å². The number of amides is 1. The highest BCUT2D eigenvalue weighted by molar-refractivity contribution is 6.31. The van der Waals surface area contributed by atoms with E-state index >= 15 is 0 Å². The van der Waals surface area contributed by atoms with Gasteiger partial charge in [0.2, 0.25) is 0 Å². The Hall–Kier alpha value is -1.01. The van der Waals surface area contributed by atoms with Gasteiger partial charge in [-0.3, -0.25) is 4.79 Å².